The highest BCUT2D eigenvalue weighted by atomic mass is 16.5. The number of fused-ring (bicyclic) bond motifs is 1. The molecule has 0 spiro atoms. The van der Waals surface area contributed by atoms with Crippen molar-refractivity contribution in [2.24, 2.45) is 11.8 Å². The molecule has 2 aromatic heterocycles. The number of aromatic nitrogens is 3. The number of rotatable bonds is 9. The fraction of sp³-hybridized carbons (Fsp3) is 0.429. The van der Waals surface area contributed by atoms with E-state index in [0.29, 0.717) is 16.9 Å². The summed E-state index contributed by atoms with van der Waals surface area (Å²) in [7, 11) is 1.53. The predicted molar refractivity (Wildman–Crippen MR) is 219 cm³/mol. The number of hydrogen-bond acceptors (Lipinski definition) is 9. The maximum atomic E-state index is 14.4. The smallest absolute Gasteiger partial charge is 0.274 e. The molecule has 1 saturated heterocycles. The minimum atomic E-state index is -1.23. The van der Waals surface area contributed by atoms with Gasteiger partial charge in [-0.3, -0.25) is 33.6 Å². The van der Waals surface area contributed by atoms with Crippen molar-refractivity contribution in [2.45, 2.75) is 84.1 Å². The molecule has 0 saturated carbocycles. The van der Waals surface area contributed by atoms with Crippen molar-refractivity contribution in [3.63, 3.8) is 0 Å². The summed E-state index contributed by atoms with van der Waals surface area (Å²) in [4.78, 5) is 107. The van der Waals surface area contributed by atoms with E-state index in [2.05, 4.69) is 41.5 Å². The van der Waals surface area contributed by atoms with Crippen molar-refractivity contribution in [2.75, 3.05) is 20.2 Å². The maximum Gasteiger partial charge on any atom is 0.274 e. The summed E-state index contributed by atoms with van der Waals surface area (Å²) < 4.78 is 5.28. The van der Waals surface area contributed by atoms with Gasteiger partial charge in [-0.15, -0.1) is 0 Å². The summed E-state index contributed by atoms with van der Waals surface area (Å²) in [6.07, 6.45) is 4.05. The molecular weight excluding hydrogens is 759 g/mol. The Kier molecular flexibility index (Phi) is 14.6. The molecule has 5 rings (SSSR count). The van der Waals surface area contributed by atoms with E-state index in [9.17, 15) is 33.6 Å². The molecule has 0 aliphatic carbocycles. The predicted octanol–water partition coefficient (Wildman–Crippen LogP) is 1.35. The monoisotopic (exact) mass is 811 g/mol. The Morgan fingerprint density at radius 2 is 1.44 bits per heavy atom. The zero-order valence-electron chi connectivity index (χ0n) is 34.1. The fourth-order valence-corrected chi connectivity index (χ4v) is 6.79. The van der Waals surface area contributed by atoms with E-state index in [1.807, 2.05) is 52.0 Å². The Morgan fingerprint density at radius 3 is 2.10 bits per heavy atom. The zero-order valence-corrected chi connectivity index (χ0v) is 34.1. The normalized spacial score (nSPS) is 21.5. The number of carbonyl (C=O) groups is 6. The third-order valence-electron chi connectivity index (χ3n) is 10.1. The van der Waals surface area contributed by atoms with Crippen LogP contribution in [0.25, 0.3) is 10.9 Å². The Bertz CT molecular complexity index is 2180. The van der Waals surface area contributed by atoms with Gasteiger partial charge >= 0.3 is 0 Å². The molecule has 3 heterocycles. The van der Waals surface area contributed by atoms with Crippen LogP contribution in [0, 0.1) is 11.8 Å². The third-order valence-corrected chi connectivity index (χ3v) is 10.1. The van der Waals surface area contributed by atoms with E-state index in [-0.39, 0.29) is 43.3 Å². The number of carbonyl (C=O) groups excluding carboxylic acids is 6. The van der Waals surface area contributed by atoms with E-state index in [1.54, 1.807) is 30.5 Å². The lowest BCUT2D eigenvalue weighted by molar-refractivity contribution is -0.135. The summed E-state index contributed by atoms with van der Waals surface area (Å²) >= 11 is 0. The first-order valence-electron chi connectivity index (χ1n) is 19.6. The molecule has 7 N–H and O–H groups in total. The average molecular weight is 812 g/mol. The van der Waals surface area contributed by atoms with Gasteiger partial charge in [0.05, 0.1) is 19.9 Å². The van der Waals surface area contributed by atoms with Crippen LogP contribution in [-0.4, -0.2) is 106 Å². The fourth-order valence-electron chi connectivity index (χ4n) is 6.79. The van der Waals surface area contributed by atoms with E-state index in [0.717, 1.165) is 23.3 Å². The van der Waals surface area contributed by atoms with Gasteiger partial charge in [-0.1, -0.05) is 58.0 Å². The quantitative estimate of drug-likeness (QED) is 0.129. The van der Waals surface area contributed by atoms with Crippen LogP contribution in [0.2, 0.25) is 0 Å². The molecule has 1 aliphatic rings. The molecule has 59 heavy (non-hydrogen) atoms. The van der Waals surface area contributed by atoms with Crippen molar-refractivity contribution in [3.8, 4) is 5.75 Å². The minimum absolute atomic E-state index is 0.0120. The number of para-hydroxylation sites is 1. The van der Waals surface area contributed by atoms with Crippen LogP contribution < -0.4 is 36.9 Å². The SMILES string of the molecule is COc1ccc(C[C@@H]2NC(=O)[C@H](CC(C)C)NC(=O)[C@@H](Cc3c[nH]c4ccccc34)NC(=O)CN(C(=O)c3c[nH]c(=O)cn3)C[C@H](C(C)C)NC(=O)[C@@H](C)NC2=O)cc1. The van der Waals surface area contributed by atoms with Crippen LogP contribution in [0.5, 0.6) is 5.75 Å². The highest BCUT2D eigenvalue weighted by Gasteiger charge is 2.34. The van der Waals surface area contributed by atoms with Crippen LogP contribution >= 0.6 is 0 Å². The number of hydrogen-bond donors (Lipinski definition) is 7. The number of nitrogens with one attached hydrogen (secondary N) is 7. The van der Waals surface area contributed by atoms with Crippen LogP contribution in [-0.2, 0) is 36.8 Å². The van der Waals surface area contributed by atoms with Gasteiger partial charge in [0.25, 0.3) is 11.5 Å². The highest BCUT2D eigenvalue weighted by Crippen LogP contribution is 2.20. The topological polar surface area (TPSA) is 237 Å². The molecule has 0 unspecified atom stereocenters. The zero-order chi connectivity index (χ0) is 42.8. The molecule has 17 heteroatoms. The molecule has 1 fully saturated rings. The number of ether oxygens (including phenoxy) is 1. The molecule has 5 atom stereocenters. The summed E-state index contributed by atoms with van der Waals surface area (Å²) in [6.45, 7) is 8.14. The number of benzene rings is 2. The Balaban J connectivity index is 1.55. The van der Waals surface area contributed by atoms with Gasteiger partial charge < -0.3 is 46.2 Å². The Labute approximate surface area is 341 Å². The molecule has 2 aromatic carbocycles. The molecule has 6 amide bonds. The van der Waals surface area contributed by atoms with E-state index >= 15 is 0 Å². The second-order valence-electron chi connectivity index (χ2n) is 15.6. The summed E-state index contributed by atoms with van der Waals surface area (Å²) in [5.41, 5.74) is 1.52. The van der Waals surface area contributed by atoms with Gasteiger partial charge in [-0.25, -0.2) is 4.98 Å². The third kappa shape index (κ3) is 11.8. The summed E-state index contributed by atoms with van der Waals surface area (Å²) in [5, 5.41) is 14.9. The van der Waals surface area contributed by atoms with E-state index < -0.39 is 77.8 Å². The Hall–Kier alpha value is -6.52. The van der Waals surface area contributed by atoms with Gasteiger partial charge in [0.15, 0.2) is 0 Å². The number of H-pyrrole nitrogens is 2. The summed E-state index contributed by atoms with van der Waals surface area (Å²) in [5.74, 6) is -3.71. The number of methoxy groups -OCH3 is 1. The highest BCUT2D eigenvalue weighted by molar-refractivity contribution is 5.98. The molecule has 4 aromatic rings. The van der Waals surface area contributed by atoms with Crippen LogP contribution in [0.3, 0.4) is 0 Å². The van der Waals surface area contributed by atoms with Crippen molar-refractivity contribution in [3.05, 3.63) is 94.3 Å². The second kappa shape index (κ2) is 19.8. The largest absolute Gasteiger partial charge is 0.497 e. The number of aromatic amines is 2. The minimum Gasteiger partial charge on any atom is -0.497 e. The molecule has 0 bridgehead atoms. The van der Waals surface area contributed by atoms with Gasteiger partial charge in [-0.2, -0.15) is 0 Å². The Morgan fingerprint density at radius 1 is 0.780 bits per heavy atom. The molecular formula is C42H53N9O8. The first kappa shape index (κ1) is 43.6. The number of nitrogens with zero attached hydrogens (tertiary/aromatic N) is 2. The molecule has 17 nitrogen and oxygen atoms in total. The molecule has 314 valence electrons. The number of amides is 6. The second-order valence-corrected chi connectivity index (χ2v) is 15.6. The lowest BCUT2D eigenvalue weighted by Gasteiger charge is -2.32. The lowest BCUT2D eigenvalue weighted by atomic mass is 9.99. The van der Waals surface area contributed by atoms with Crippen molar-refractivity contribution in [1.82, 2.24) is 46.4 Å². The van der Waals surface area contributed by atoms with Gasteiger partial charge in [0.2, 0.25) is 29.5 Å². The van der Waals surface area contributed by atoms with Crippen LogP contribution in [0.15, 0.2) is 71.9 Å². The standard InChI is InChI=1S/C42H53N9O8/c1-23(2)15-31-40(56)49-32(16-26-11-13-28(59-6)14-12-26)39(55)46-25(5)38(54)50-35(24(3)4)21-51(42(58)34-19-45-36(52)20-44-34)22-37(53)47-33(41(57)48-31)17-27-18-43-30-10-8-7-9-29(27)30/h7-14,18-20,23-25,31-33,35,43H,15-17,21-22H2,1-6H3,(H,45,52)(H,46,55)(H,47,53)(H,48,57)(H,49,56)(H,50,54)/t25-,31+,32+,33-,35-/m1/s1. The van der Waals surface area contributed by atoms with E-state index in [1.165, 1.54) is 18.9 Å². The van der Waals surface area contributed by atoms with Gasteiger partial charge in [-0.05, 0) is 54.5 Å². The van der Waals surface area contributed by atoms with Crippen molar-refractivity contribution in [1.29, 1.82) is 0 Å². The molecule has 0 radical (unpaired) electrons. The van der Waals surface area contributed by atoms with Crippen LogP contribution in [0.4, 0.5) is 0 Å². The average Bonchev–Trinajstić information content (AvgIpc) is 3.61. The lowest BCUT2D eigenvalue weighted by Crippen LogP contribution is -2.60. The van der Waals surface area contributed by atoms with Crippen LogP contribution in [0.1, 0.15) is 62.7 Å². The first-order chi connectivity index (χ1) is 28.1. The summed E-state index contributed by atoms with van der Waals surface area (Å²) in [6, 6.07) is 9.07. The van der Waals surface area contributed by atoms with Gasteiger partial charge in [0.1, 0.15) is 35.6 Å². The van der Waals surface area contributed by atoms with Crippen molar-refractivity contribution < 1.29 is 33.5 Å². The first-order valence-corrected chi connectivity index (χ1v) is 19.6. The van der Waals surface area contributed by atoms with Gasteiger partial charge in [0, 0.05) is 48.7 Å². The molecule has 1 aliphatic heterocycles. The van der Waals surface area contributed by atoms with E-state index in [4.69, 9.17) is 4.74 Å². The maximum absolute atomic E-state index is 14.4. The van der Waals surface area contributed by atoms with Crippen molar-refractivity contribution >= 4 is 46.3 Å².